The topological polar surface area (TPSA) is 181 Å². The summed E-state index contributed by atoms with van der Waals surface area (Å²) in [7, 11) is 0. The van der Waals surface area contributed by atoms with E-state index in [2.05, 4.69) is 46.4 Å². The van der Waals surface area contributed by atoms with Crippen LogP contribution in [0.4, 0.5) is 28.4 Å². The van der Waals surface area contributed by atoms with E-state index in [1.165, 1.54) is 40.1 Å². The second-order valence-corrected chi connectivity index (χ2v) is 18.3. The van der Waals surface area contributed by atoms with Crippen LogP contribution in [0.1, 0.15) is 58.0 Å². The van der Waals surface area contributed by atoms with Crippen LogP contribution in [0.2, 0.25) is 0 Å². The molecule has 60 heavy (non-hydrogen) atoms. The molecule has 18 heteroatoms. The van der Waals surface area contributed by atoms with Crippen LogP contribution in [0.5, 0.6) is 0 Å². The van der Waals surface area contributed by atoms with Crippen molar-refractivity contribution >= 4 is 97.5 Å². The summed E-state index contributed by atoms with van der Waals surface area (Å²) in [4.78, 5) is 68.4. The largest absolute Gasteiger partial charge is 0.478 e. The average Bonchev–Trinajstić information content (AvgIpc) is 4.10. The second-order valence-electron chi connectivity index (χ2n) is 14.7. The molecule has 0 bridgehead atoms. The summed E-state index contributed by atoms with van der Waals surface area (Å²) in [5, 5.41) is 34.4. The van der Waals surface area contributed by atoms with Crippen LogP contribution in [-0.4, -0.2) is 89.6 Å². The molecule has 2 aliphatic heterocycles. The lowest BCUT2D eigenvalue weighted by atomic mass is 9.85. The van der Waals surface area contributed by atoms with Crippen LogP contribution < -0.4 is 36.4 Å². The molecule has 0 aliphatic carbocycles. The van der Waals surface area contributed by atoms with Gasteiger partial charge in [-0.15, -0.1) is 45.3 Å². The molecule has 0 unspecified atom stereocenters. The number of carboxylic acid groups (broad SMARTS) is 1. The summed E-state index contributed by atoms with van der Waals surface area (Å²) in [5.74, 6) is -1.98. The minimum absolute atomic E-state index is 0.0244. The molecule has 0 spiro atoms. The first-order chi connectivity index (χ1) is 29.1. The summed E-state index contributed by atoms with van der Waals surface area (Å²) < 4.78 is 0. The number of hydrogen-bond donors (Lipinski definition) is 6. The van der Waals surface area contributed by atoms with Gasteiger partial charge in [0.05, 0.1) is 43.8 Å². The number of nitrogens with zero attached hydrogens (tertiary/aromatic N) is 4. The van der Waals surface area contributed by atoms with E-state index in [0.717, 1.165) is 52.3 Å². The van der Waals surface area contributed by atoms with Crippen molar-refractivity contribution < 1.29 is 24.3 Å². The SMILES string of the molecule is CC(C)NC1(C(=O)Nc2ccsc2-c2nc(C(=O)Nc3cc(C(=O)O)ccc3N3CCNCC3)cs2)CCN(c2ccccc2NC(=O)c2csc(-c3cccs3)n2)CC1. The summed E-state index contributed by atoms with van der Waals surface area (Å²) >= 11 is 5.74. The van der Waals surface area contributed by atoms with Gasteiger partial charge in [-0.1, -0.05) is 18.2 Å². The molecule has 0 saturated carbocycles. The Balaban J connectivity index is 0.945. The van der Waals surface area contributed by atoms with Gasteiger partial charge in [-0.05, 0) is 79.9 Å². The van der Waals surface area contributed by atoms with Crippen molar-refractivity contribution in [2.24, 2.45) is 0 Å². The van der Waals surface area contributed by atoms with Gasteiger partial charge in [-0.2, -0.15) is 0 Å². The van der Waals surface area contributed by atoms with Gasteiger partial charge < -0.3 is 41.5 Å². The van der Waals surface area contributed by atoms with Crippen molar-refractivity contribution in [2.75, 3.05) is 65.0 Å². The van der Waals surface area contributed by atoms with Crippen molar-refractivity contribution in [1.29, 1.82) is 0 Å². The van der Waals surface area contributed by atoms with Gasteiger partial charge in [0.25, 0.3) is 11.8 Å². The number of thiophene rings is 2. The molecule has 0 radical (unpaired) electrons. The van der Waals surface area contributed by atoms with Gasteiger partial charge in [0.2, 0.25) is 5.91 Å². The molecule has 3 amide bonds. The maximum Gasteiger partial charge on any atom is 0.335 e. The Bertz CT molecular complexity index is 2500. The van der Waals surface area contributed by atoms with Crippen molar-refractivity contribution in [3.63, 3.8) is 0 Å². The third-order valence-electron chi connectivity index (χ3n) is 10.4. The van der Waals surface area contributed by atoms with Gasteiger partial charge in [-0.3, -0.25) is 14.4 Å². The van der Waals surface area contributed by atoms with Crippen LogP contribution in [-0.2, 0) is 4.79 Å². The van der Waals surface area contributed by atoms with Crippen LogP contribution in [0.3, 0.4) is 0 Å². The molecule has 6 aromatic rings. The summed E-state index contributed by atoms with van der Waals surface area (Å²) in [6.07, 6.45) is 1.02. The van der Waals surface area contributed by atoms with Crippen molar-refractivity contribution in [3.05, 3.63) is 99.1 Å². The predicted octanol–water partition coefficient (Wildman–Crippen LogP) is 7.64. The quantitative estimate of drug-likeness (QED) is 0.0671. The lowest BCUT2D eigenvalue weighted by molar-refractivity contribution is -0.123. The number of para-hydroxylation sites is 2. The molecule has 2 fully saturated rings. The molecule has 310 valence electrons. The zero-order valence-corrected chi connectivity index (χ0v) is 36.1. The van der Waals surface area contributed by atoms with E-state index in [1.54, 1.807) is 34.2 Å². The van der Waals surface area contributed by atoms with E-state index < -0.39 is 17.4 Å². The molecular weight excluding hydrogens is 839 g/mol. The van der Waals surface area contributed by atoms with Gasteiger partial charge in [0.15, 0.2) is 0 Å². The number of carbonyl (C=O) groups excluding carboxylic acids is 3. The number of carbonyl (C=O) groups is 4. The fraction of sp³-hybridized carbons (Fsp3) is 0.286. The molecule has 14 nitrogen and oxygen atoms in total. The fourth-order valence-corrected chi connectivity index (χ4v) is 10.9. The lowest BCUT2D eigenvalue weighted by Gasteiger charge is -2.43. The zero-order valence-electron chi connectivity index (χ0n) is 32.8. The molecule has 2 saturated heterocycles. The summed E-state index contributed by atoms with van der Waals surface area (Å²) in [6, 6.07) is 18.3. The zero-order chi connectivity index (χ0) is 41.8. The first-order valence-electron chi connectivity index (χ1n) is 19.5. The van der Waals surface area contributed by atoms with Gasteiger partial charge in [0, 0.05) is 56.1 Å². The van der Waals surface area contributed by atoms with E-state index in [9.17, 15) is 24.3 Å². The van der Waals surface area contributed by atoms with Gasteiger partial charge in [-0.25, -0.2) is 14.8 Å². The number of aromatic carboxylic acids is 1. The number of nitrogens with one attached hydrogen (secondary N) is 5. The lowest BCUT2D eigenvalue weighted by Crippen LogP contribution is -2.62. The minimum Gasteiger partial charge on any atom is -0.478 e. The van der Waals surface area contributed by atoms with Crippen molar-refractivity contribution in [3.8, 4) is 19.8 Å². The number of aromatic nitrogens is 2. The number of piperidine rings is 1. The van der Waals surface area contributed by atoms with Crippen LogP contribution in [0, 0.1) is 0 Å². The van der Waals surface area contributed by atoms with E-state index in [-0.39, 0.29) is 29.1 Å². The number of benzene rings is 2. The van der Waals surface area contributed by atoms with E-state index in [0.29, 0.717) is 53.7 Å². The predicted molar refractivity (Wildman–Crippen MR) is 243 cm³/mol. The van der Waals surface area contributed by atoms with E-state index in [1.807, 2.05) is 67.1 Å². The third-order valence-corrected chi connectivity index (χ3v) is 14.2. The molecular formula is C42H43N9O5S4. The number of amides is 3. The van der Waals surface area contributed by atoms with Crippen LogP contribution in [0.15, 0.2) is 82.2 Å². The number of hydrogen-bond acceptors (Lipinski definition) is 14. The van der Waals surface area contributed by atoms with E-state index >= 15 is 0 Å². The first-order valence-corrected chi connectivity index (χ1v) is 23.0. The van der Waals surface area contributed by atoms with Crippen molar-refractivity contribution in [1.82, 2.24) is 20.6 Å². The normalized spacial score (nSPS) is 15.2. The Labute approximate surface area is 362 Å². The molecule has 8 rings (SSSR count). The Morgan fingerprint density at radius 1 is 0.717 bits per heavy atom. The maximum absolute atomic E-state index is 14.4. The fourth-order valence-electron chi connectivity index (χ4n) is 7.49. The highest BCUT2D eigenvalue weighted by Gasteiger charge is 2.42. The molecule has 4 aromatic heterocycles. The summed E-state index contributed by atoms with van der Waals surface area (Å²) in [6.45, 7) is 8.16. The second kappa shape index (κ2) is 18.0. The van der Waals surface area contributed by atoms with Crippen LogP contribution >= 0.6 is 45.3 Å². The molecule has 6 heterocycles. The molecule has 2 aliphatic rings. The number of rotatable bonds is 13. The summed E-state index contributed by atoms with van der Waals surface area (Å²) in [5.41, 5.74) is 3.05. The third kappa shape index (κ3) is 8.98. The van der Waals surface area contributed by atoms with Gasteiger partial charge in [0.1, 0.15) is 26.9 Å². The molecule has 6 N–H and O–H groups in total. The smallest absolute Gasteiger partial charge is 0.335 e. The monoisotopic (exact) mass is 881 g/mol. The number of anilines is 5. The molecule has 2 aromatic carbocycles. The van der Waals surface area contributed by atoms with E-state index in [4.69, 9.17) is 0 Å². The Kier molecular flexibility index (Phi) is 12.4. The number of piperazine rings is 1. The first kappa shape index (κ1) is 41.2. The highest BCUT2D eigenvalue weighted by molar-refractivity contribution is 7.21. The minimum atomic E-state index is -1.08. The number of carboxylic acids is 1. The Hall–Kier alpha value is -5.50. The van der Waals surface area contributed by atoms with Gasteiger partial charge >= 0.3 is 5.97 Å². The Morgan fingerprint density at radius 2 is 1.38 bits per heavy atom. The van der Waals surface area contributed by atoms with Crippen LogP contribution in [0.25, 0.3) is 19.8 Å². The van der Waals surface area contributed by atoms with Crippen molar-refractivity contribution in [2.45, 2.75) is 38.3 Å². The number of thiazole rings is 2. The maximum atomic E-state index is 14.4. The highest BCUT2D eigenvalue weighted by atomic mass is 32.1. The molecule has 0 atom stereocenters. The Morgan fingerprint density at radius 3 is 2.08 bits per heavy atom. The highest BCUT2D eigenvalue weighted by Crippen LogP contribution is 2.39. The average molecular weight is 882 g/mol. The standard InChI is InChI=1S/C42H43N9O5S4/c1-25(2)49-42(12-16-50(17-13-42)32-7-4-3-6-27(32)44-36(52)30-23-59-38(46-30)34-8-5-20-57-34)41(56)48-28-11-21-58-35(28)39-47-31(24-60-39)37(53)45-29-22-26(40(54)55)9-10-33(29)51-18-14-43-15-19-51/h3-11,20-25,43,49H,12-19H2,1-2H3,(H,44,52)(H,45,53)(H,48,56)(H,54,55).